The van der Waals surface area contributed by atoms with Crippen LogP contribution in [0.2, 0.25) is 0 Å². The average molecular weight is 275 g/mol. The van der Waals surface area contributed by atoms with Gasteiger partial charge in [-0.2, -0.15) is 0 Å². The third-order valence-corrected chi connectivity index (χ3v) is 3.12. The largest absolute Gasteiger partial charge is 0.369 e. The molecule has 0 heterocycles. The highest BCUT2D eigenvalue weighted by Crippen LogP contribution is 2.24. The predicted molar refractivity (Wildman–Crippen MR) is 74.9 cm³/mol. The van der Waals surface area contributed by atoms with Gasteiger partial charge in [0.15, 0.2) is 5.78 Å². The zero-order valence-corrected chi connectivity index (χ0v) is 11.4. The lowest BCUT2D eigenvalue weighted by Crippen LogP contribution is -2.20. The summed E-state index contributed by atoms with van der Waals surface area (Å²) in [4.78, 5) is 13.2. The van der Waals surface area contributed by atoms with Crippen LogP contribution in [0.25, 0.3) is 0 Å². The minimum atomic E-state index is -0.560. The van der Waals surface area contributed by atoms with Gasteiger partial charge in [-0.25, -0.2) is 8.78 Å². The molecule has 0 saturated carbocycles. The van der Waals surface area contributed by atoms with E-state index in [4.69, 9.17) is 0 Å². The fraction of sp³-hybridized carbons (Fsp3) is 0.188. The second-order valence-electron chi connectivity index (χ2n) is 4.64. The molecule has 2 aromatic carbocycles. The molecule has 2 rings (SSSR count). The van der Waals surface area contributed by atoms with E-state index in [0.717, 1.165) is 0 Å². The second kappa shape index (κ2) is 5.82. The molecule has 20 heavy (non-hydrogen) atoms. The lowest BCUT2D eigenvalue weighted by molar-refractivity contribution is 0.101. The maximum atomic E-state index is 13.8. The van der Waals surface area contributed by atoms with Gasteiger partial charge in [-0.1, -0.05) is 24.3 Å². The lowest BCUT2D eigenvalue weighted by Gasteiger charge is -2.22. The van der Waals surface area contributed by atoms with Crippen LogP contribution in [0.4, 0.5) is 14.5 Å². The molecule has 2 aromatic rings. The van der Waals surface area contributed by atoms with E-state index >= 15 is 0 Å². The van der Waals surface area contributed by atoms with Crippen molar-refractivity contribution in [3.05, 3.63) is 65.2 Å². The summed E-state index contributed by atoms with van der Waals surface area (Å²) in [6, 6.07) is 10.8. The Labute approximate surface area is 116 Å². The number of hydrogen-bond acceptors (Lipinski definition) is 2. The molecular formula is C16H15F2NO. The summed E-state index contributed by atoms with van der Waals surface area (Å²) in [5.41, 5.74) is 0.987. The van der Waals surface area contributed by atoms with Gasteiger partial charge >= 0.3 is 0 Å². The molecule has 0 unspecified atom stereocenters. The first-order valence-corrected chi connectivity index (χ1v) is 6.24. The van der Waals surface area contributed by atoms with Crippen LogP contribution in [0.5, 0.6) is 0 Å². The highest BCUT2D eigenvalue weighted by molar-refractivity contribution is 6.00. The summed E-state index contributed by atoms with van der Waals surface area (Å²) in [6.07, 6.45) is 0. The van der Waals surface area contributed by atoms with E-state index < -0.39 is 5.82 Å². The Balaban J connectivity index is 2.35. The number of hydrogen-bond donors (Lipinski definition) is 0. The molecule has 0 aliphatic heterocycles. The van der Waals surface area contributed by atoms with Crippen molar-refractivity contribution in [1.29, 1.82) is 0 Å². The monoisotopic (exact) mass is 275 g/mol. The van der Waals surface area contributed by atoms with Crippen LogP contribution >= 0.6 is 0 Å². The van der Waals surface area contributed by atoms with E-state index in [9.17, 15) is 13.6 Å². The molecule has 0 N–H and O–H groups in total. The number of halogens is 2. The Morgan fingerprint density at radius 1 is 1.05 bits per heavy atom. The highest BCUT2D eigenvalue weighted by Gasteiger charge is 2.16. The number of anilines is 1. The molecule has 0 spiro atoms. The van der Waals surface area contributed by atoms with Gasteiger partial charge in [0.25, 0.3) is 0 Å². The van der Waals surface area contributed by atoms with E-state index in [1.807, 2.05) is 0 Å². The van der Waals surface area contributed by atoms with Crippen LogP contribution in [0.3, 0.4) is 0 Å². The Morgan fingerprint density at radius 3 is 2.35 bits per heavy atom. The van der Waals surface area contributed by atoms with Crippen LogP contribution in [-0.4, -0.2) is 12.8 Å². The van der Waals surface area contributed by atoms with Crippen LogP contribution in [0.1, 0.15) is 22.8 Å². The summed E-state index contributed by atoms with van der Waals surface area (Å²) in [6.45, 7) is 1.58. The van der Waals surface area contributed by atoms with E-state index in [1.165, 1.54) is 25.1 Å². The molecule has 0 aliphatic carbocycles. The van der Waals surface area contributed by atoms with Crippen molar-refractivity contribution in [3.8, 4) is 0 Å². The standard InChI is InChI=1S/C16H15F2NO/c1-11(20)16-14(18)8-5-9-15(16)19(2)10-12-6-3-4-7-13(12)17/h3-9H,10H2,1-2H3. The van der Waals surface area contributed by atoms with E-state index in [1.54, 1.807) is 36.2 Å². The van der Waals surface area contributed by atoms with Crippen molar-refractivity contribution in [2.45, 2.75) is 13.5 Å². The van der Waals surface area contributed by atoms with Gasteiger partial charge in [-0.3, -0.25) is 4.79 Å². The van der Waals surface area contributed by atoms with Gasteiger partial charge in [-0.05, 0) is 25.1 Å². The smallest absolute Gasteiger partial charge is 0.164 e. The molecule has 0 bridgehead atoms. The van der Waals surface area contributed by atoms with Crippen molar-refractivity contribution in [3.63, 3.8) is 0 Å². The van der Waals surface area contributed by atoms with Gasteiger partial charge < -0.3 is 4.90 Å². The van der Waals surface area contributed by atoms with Gasteiger partial charge in [0, 0.05) is 19.2 Å². The second-order valence-corrected chi connectivity index (χ2v) is 4.64. The van der Waals surface area contributed by atoms with Crippen LogP contribution in [-0.2, 0) is 6.54 Å². The lowest BCUT2D eigenvalue weighted by atomic mass is 10.1. The molecule has 104 valence electrons. The van der Waals surface area contributed by atoms with Crippen molar-refractivity contribution in [1.82, 2.24) is 0 Å². The minimum absolute atomic E-state index is 0.0336. The number of Topliss-reactive ketones (excluding diaryl/α,β-unsaturated/α-hetero) is 1. The molecule has 2 nitrogen and oxygen atoms in total. The Bertz CT molecular complexity index is 640. The number of ketones is 1. The summed E-state index contributed by atoms with van der Waals surface area (Å²) in [5.74, 6) is -1.23. The molecule has 0 radical (unpaired) electrons. The Kier molecular flexibility index (Phi) is 4.13. The van der Waals surface area contributed by atoms with Crippen molar-refractivity contribution >= 4 is 11.5 Å². The fourth-order valence-corrected chi connectivity index (χ4v) is 2.15. The molecule has 0 aliphatic rings. The maximum absolute atomic E-state index is 13.8. The van der Waals surface area contributed by atoms with Crippen LogP contribution < -0.4 is 4.90 Å². The highest BCUT2D eigenvalue weighted by atomic mass is 19.1. The quantitative estimate of drug-likeness (QED) is 0.791. The molecule has 0 aromatic heterocycles. The molecule has 0 atom stereocenters. The molecule has 0 amide bonds. The molecule has 4 heteroatoms. The normalized spacial score (nSPS) is 10.4. The van der Waals surface area contributed by atoms with Crippen molar-refractivity contribution < 1.29 is 13.6 Å². The maximum Gasteiger partial charge on any atom is 0.164 e. The van der Waals surface area contributed by atoms with Crippen LogP contribution in [0.15, 0.2) is 42.5 Å². The molecule has 0 saturated heterocycles. The topological polar surface area (TPSA) is 20.3 Å². The summed E-state index contributed by atoms with van der Waals surface area (Å²) >= 11 is 0. The fourth-order valence-electron chi connectivity index (χ4n) is 2.15. The van der Waals surface area contributed by atoms with Gasteiger partial charge in [-0.15, -0.1) is 0 Å². The summed E-state index contributed by atoms with van der Waals surface area (Å²) in [5, 5.41) is 0. The first kappa shape index (κ1) is 14.2. The molecule has 0 fully saturated rings. The van der Waals surface area contributed by atoms with E-state index in [2.05, 4.69) is 0 Å². The minimum Gasteiger partial charge on any atom is -0.369 e. The summed E-state index contributed by atoms with van der Waals surface area (Å²) < 4.78 is 27.4. The van der Waals surface area contributed by atoms with Crippen molar-refractivity contribution in [2.75, 3.05) is 11.9 Å². The van der Waals surface area contributed by atoms with Gasteiger partial charge in [0.05, 0.1) is 11.3 Å². The van der Waals surface area contributed by atoms with Crippen LogP contribution in [0, 0.1) is 11.6 Å². The SMILES string of the molecule is CC(=O)c1c(F)cccc1N(C)Cc1ccccc1F. The Hall–Kier alpha value is -2.23. The zero-order valence-electron chi connectivity index (χ0n) is 11.4. The predicted octanol–water partition coefficient (Wildman–Crippen LogP) is 3.80. The average Bonchev–Trinajstić information content (AvgIpc) is 2.40. The zero-order chi connectivity index (χ0) is 14.7. The first-order chi connectivity index (χ1) is 9.50. The molecular weight excluding hydrogens is 260 g/mol. The first-order valence-electron chi connectivity index (χ1n) is 6.24. The Morgan fingerprint density at radius 2 is 1.70 bits per heavy atom. The van der Waals surface area contributed by atoms with Gasteiger partial charge in [0.1, 0.15) is 11.6 Å². The number of nitrogens with zero attached hydrogens (tertiary/aromatic N) is 1. The van der Waals surface area contributed by atoms with Crippen molar-refractivity contribution in [2.24, 2.45) is 0 Å². The van der Waals surface area contributed by atoms with Gasteiger partial charge in [0.2, 0.25) is 0 Å². The van der Waals surface area contributed by atoms with E-state index in [0.29, 0.717) is 11.3 Å². The number of carbonyl (C=O) groups excluding carboxylic acids is 1. The van der Waals surface area contributed by atoms with E-state index in [-0.39, 0.29) is 23.7 Å². The number of carbonyl (C=O) groups is 1. The third-order valence-electron chi connectivity index (χ3n) is 3.12. The third kappa shape index (κ3) is 2.85. The number of rotatable bonds is 4. The number of benzene rings is 2. The summed E-state index contributed by atoms with van der Waals surface area (Å²) in [7, 11) is 1.70.